The van der Waals surface area contributed by atoms with Crippen LogP contribution in [-0.4, -0.2) is 32.7 Å². The highest BCUT2D eigenvalue weighted by Gasteiger charge is 2.22. The number of furan rings is 1. The predicted molar refractivity (Wildman–Crippen MR) is 74.7 cm³/mol. The number of aliphatic hydroxyl groups excluding tert-OH is 1. The third kappa shape index (κ3) is 4.90. The minimum Gasteiger partial charge on any atom is -0.447 e. The van der Waals surface area contributed by atoms with E-state index in [0.717, 1.165) is 6.42 Å². The van der Waals surface area contributed by atoms with E-state index in [1.165, 1.54) is 18.9 Å². The number of aliphatic hydroxyl groups is 1. The SMILES string of the molecule is O=S(=O)(NCCCCCO)c1ccc(CNC2CC2)o1. The van der Waals surface area contributed by atoms with Crippen LogP contribution >= 0.6 is 0 Å². The molecule has 1 saturated carbocycles. The Morgan fingerprint density at radius 1 is 1.25 bits per heavy atom. The monoisotopic (exact) mass is 302 g/mol. The van der Waals surface area contributed by atoms with Crippen molar-refractivity contribution in [2.45, 2.75) is 49.8 Å². The molecule has 0 bridgehead atoms. The maximum absolute atomic E-state index is 12.0. The number of rotatable bonds is 10. The molecule has 20 heavy (non-hydrogen) atoms. The van der Waals surface area contributed by atoms with Crippen LogP contribution in [0.25, 0.3) is 0 Å². The average molecular weight is 302 g/mol. The summed E-state index contributed by atoms with van der Waals surface area (Å²) in [6.45, 7) is 1.07. The van der Waals surface area contributed by atoms with Gasteiger partial charge in [0.1, 0.15) is 5.76 Å². The predicted octanol–water partition coefficient (Wildman–Crippen LogP) is 0.972. The number of unbranched alkanes of at least 4 members (excludes halogenated alkanes) is 2. The van der Waals surface area contributed by atoms with Crippen molar-refractivity contribution in [3.05, 3.63) is 17.9 Å². The molecule has 0 aliphatic heterocycles. The van der Waals surface area contributed by atoms with Crippen LogP contribution in [-0.2, 0) is 16.6 Å². The first kappa shape index (κ1) is 15.5. The Balaban J connectivity index is 1.78. The minimum absolute atomic E-state index is 0.0349. The van der Waals surface area contributed by atoms with Crippen molar-refractivity contribution in [2.24, 2.45) is 0 Å². The van der Waals surface area contributed by atoms with Gasteiger partial charge in [-0.1, -0.05) is 0 Å². The number of nitrogens with one attached hydrogen (secondary N) is 2. The fourth-order valence-electron chi connectivity index (χ4n) is 1.82. The number of hydrogen-bond donors (Lipinski definition) is 3. The highest BCUT2D eigenvalue weighted by atomic mass is 32.2. The Bertz CT molecular complexity index is 508. The molecule has 0 atom stereocenters. The van der Waals surface area contributed by atoms with Crippen LogP contribution < -0.4 is 10.0 Å². The fraction of sp³-hybridized carbons (Fsp3) is 0.692. The molecule has 0 saturated heterocycles. The van der Waals surface area contributed by atoms with Crippen molar-refractivity contribution in [3.8, 4) is 0 Å². The quantitative estimate of drug-likeness (QED) is 0.560. The molecule has 0 aromatic carbocycles. The summed E-state index contributed by atoms with van der Waals surface area (Å²) < 4.78 is 31.8. The normalized spacial score (nSPS) is 15.7. The molecule has 2 rings (SSSR count). The second-order valence-corrected chi connectivity index (χ2v) is 6.76. The van der Waals surface area contributed by atoms with E-state index >= 15 is 0 Å². The smallest absolute Gasteiger partial charge is 0.273 e. The maximum atomic E-state index is 12.0. The molecule has 6 nitrogen and oxygen atoms in total. The summed E-state index contributed by atoms with van der Waals surface area (Å²) in [5, 5.41) is 11.9. The van der Waals surface area contributed by atoms with Gasteiger partial charge in [0.15, 0.2) is 0 Å². The summed E-state index contributed by atoms with van der Waals surface area (Å²) in [7, 11) is -3.56. The standard InChI is InChI=1S/C13H22N2O4S/c16-9-3-1-2-8-15-20(17,18)13-7-6-12(19-13)10-14-11-4-5-11/h6-7,11,14-16H,1-5,8-10H2. The van der Waals surface area contributed by atoms with Crippen molar-refractivity contribution < 1.29 is 17.9 Å². The van der Waals surface area contributed by atoms with Gasteiger partial charge in [-0.2, -0.15) is 0 Å². The van der Waals surface area contributed by atoms with Crippen molar-refractivity contribution in [1.82, 2.24) is 10.0 Å². The van der Waals surface area contributed by atoms with Crippen LogP contribution in [0.5, 0.6) is 0 Å². The Morgan fingerprint density at radius 3 is 2.75 bits per heavy atom. The van der Waals surface area contributed by atoms with Gasteiger partial charge in [-0.3, -0.25) is 0 Å². The molecule has 0 amide bonds. The molecule has 7 heteroatoms. The van der Waals surface area contributed by atoms with Gasteiger partial charge in [-0.15, -0.1) is 0 Å². The Kier molecular flexibility index (Phi) is 5.59. The van der Waals surface area contributed by atoms with Gasteiger partial charge >= 0.3 is 0 Å². The highest BCUT2D eigenvalue weighted by molar-refractivity contribution is 7.89. The number of hydrogen-bond acceptors (Lipinski definition) is 5. The lowest BCUT2D eigenvalue weighted by atomic mass is 10.2. The molecular weight excluding hydrogens is 280 g/mol. The van der Waals surface area contributed by atoms with Crippen LogP contribution in [0.15, 0.2) is 21.6 Å². The Morgan fingerprint density at radius 2 is 2.05 bits per heavy atom. The van der Waals surface area contributed by atoms with Crippen molar-refractivity contribution in [3.63, 3.8) is 0 Å². The maximum Gasteiger partial charge on any atom is 0.273 e. The number of sulfonamides is 1. The van der Waals surface area contributed by atoms with Crippen molar-refractivity contribution in [1.29, 1.82) is 0 Å². The van der Waals surface area contributed by atoms with Crippen LogP contribution in [0.2, 0.25) is 0 Å². The van der Waals surface area contributed by atoms with Crippen molar-refractivity contribution >= 4 is 10.0 Å². The molecule has 0 radical (unpaired) electrons. The largest absolute Gasteiger partial charge is 0.447 e. The third-order valence-corrected chi connectivity index (χ3v) is 4.50. The molecule has 0 unspecified atom stereocenters. The first-order valence-corrected chi connectivity index (χ1v) is 8.53. The van der Waals surface area contributed by atoms with Gasteiger partial charge in [0.25, 0.3) is 10.0 Å². The van der Waals surface area contributed by atoms with E-state index in [4.69, 9.17) is 9.52 Å². The van der Waals surface area contributed by atoms with E-state index in [1.54, 1.807) is 6.07 Å². The molecule has 1 aromatic rings. The minimum atomic E-state index is -3.56. The van der Waals surface area contributed by atoms with Crippen molar-refractivity contribution in [2.75, 3.05) is 13.2 Å². The zero-order valence-electron chi connectivity index (χ0n) is 11.5. The first-order valence-electron chi connectivity index (χ1n) is 7.04. The lowest BCUT2D eigenvalue weighted by Gasteiger charge is -2.04. The molecule has 0 spiro atoms. The average Bonchev–Trinajstić information content (AvgIpc) is 3.12. The third-order valence-electron chi connectivity index (χ3n) is 3.17. The summed E-state index contributed by atoms with van der Waals surface area (Å²) in [5.74, 6) is 0.637. The molecule has 1 heterocycles. The van der Waals surface area contributed by atoms with E-state index in [1.807, 2.05) is 0 Å². The van der Waals surface area contributed by atoms with E-state index in [0.29, 0.717) is 37.7 Å². The summed E-state index contributed by atoms with van der Waals surface area (Å²) in [6.07, 6.45) is 4.56. The van der Waals surface area contributed by atoms with Gasteiger partial charge in [0.2, 0.25) is 5.09 Å². The van der Waals surface area contributed by atoms with Gasteiger partial charge in [-0.25, -0.2) is 13.1 Å². The Hall–Kier alpha value is -0.890. The molecule has 114 valence electrons. The van der Waals surface area contributed by atoms with E-state index in [-0.39, 0.29) is 11.7 Å². The lowest BCUT2D eigenvalue weighted by molar-refractivity contribution is 0.283. The molecule has 3 N–H and O–H groups in total. The second kappa shape index (κ2) is 7.21. The van der Waals surface area contributed by atoms with Gasteiger partial charge in [0, 0.05) is 19.2 Å². The van der Waals surface area contributed by atoms with Crippen LogP contribution in [0.4, 0.5) is 0 Å². The zero-order chi connectivity index (χ0) is 14.4. The first-order chi connectivity index (χ1) is 9.62. The molecule has 1 aliphatic carbocycles. The lowest BCUT2D eigenvalue weighted by Crippen LogP contribution is -2.24. The topological polar surface area (TPSA) is 91.6 Å². The van der Waals surface area contributed by atoms with E-state index < -0.39 is 10.0 Å². The summed E-state index contributed by atoms with van der Waals surface area (Å²) in [6, 6.07) is 3.74. The second-order valence-electron chi connectivity index (χ2n) is 5.06. The van der Waals surface area contributed by atoms with Crippen LogP contribution in [0, 0.1) is 0 Å². The molecule has 1 aliphatic rings. The zero-order valence-corrected chi connectivity index (χ0v) is 12.3. The summed E-state index contributed by atoms with van der Waals surface area (Å²) >= 11 is 0. The van der Waals surface area contributed by atoms with Crippen LogP contribution in [0.1, 0.15) is 37.9 Å². The Labute approximate surface area is 119 Å². The van der Waals surface area contributed by atoms with Gasteiger partial charge < -0.3 is 14.8 Å². The summed E-state index contributed by atoms with van der Waals surface area (Å²) in [5.41, 5.74) is 0. The van der Waals surface area contributed by atoms with Crippen LogP contribution in [0.3, 0.4) is 0 Å². The van der Waals surface area contributed by atoms with Gasteiger partial charge in [-0.05, 0) is 44.2 Å². The fourth-order valence-corrected chi connectivity index (χ4v) is 2.84. The molecule has 1 aromatic heterocycles. The highest BCUT2D eigenvalue weighted by Crippen LogP contribution is 2.20. The van der Waals surface area contributed by atoms with E-state index in [9.17, 15) is 8.42 Å². The molecular formula is C13H22N2O4S. The molecule has 1 fully saturated rings. The van der Waals surface area contributed by atoms with Gasteiger partial charge in [0.05, 0.1) is 6.54 Å². The van der Waals surface area contributed by atoms with E-state index in [2.05, 4.69) is 10.0 Å². The summed E-state index contributed by atoms with van der Waals surface area (Å²) in [4.78, 5) is 0.